The molecule has 0 unspecified atom stereocenters. The van der Waals surface area contributed by atoms with Gasteiger partial charge in [-0.15, -0.1) is 0 Å². The first-order chi connectivity index (χ1) is 7.85. The van der Waals surface area contributed by atoms with Gasteiger partial charge in [0.1, 0.15) is 0 Å². The fraction of sp³-hybridized carbons (Fsp3) is 0.250. The fourth-order valence-electron chi connectivity index (χ4n) is 1.63. The maximum Gasteiger partial charge on any atom is 0.151 e. The van der Waals surface area contributed by atoms with Gasteiger partial charge in [0.15, 0.2) is 6.29 Å². The van der Waals surface area contributed by atoms with Crippen LogP contribution in [0.4, 0.5) is 0 Å². The Morgan fingerprint density at radius 1 is 1.44 bits per heavy atom. The number of pyridine rings is 1. The summed E-state index contributed by atoms with van der Waals surface area (Å²) in [7, 11) is 0. The molecular formula is C12H13N3O. The second kappa shape index (κ2) is 4.70. The van der Waals surface area contributed by atoms with Crippen LogP contribution in [0.25, 0.3) is 11.3 Å². The van der Waals surface area contributed by atoms with Crippen molar-refractivity contribution in [3.8, 4) is 11.3 Å². The van der Waals surface area contributed by atoms with Crippen molar-refractivity contribution >= 4 is 6.29 Å². The second-order valence-electron chi connectivity index (χ2n) is 3.56. The number of nitrogens with zero attached hydrogens (tertiary/aromatic N) is 3. The monoisotopic (exact) mass is 215 g/mol. The van der Waals surface area contributed by atoms with Crippen LogP contribution < -0.4 is 0 Å². The molecule has 0 spiro atoms. The van der Waals surface area contributed by atoms with Gasteiger partial charge >= 0.3 is 0 Å². The minimum Gasteiger partial charge on any atom is -0.298 e. The Labute approximate surface area is 93.9 Å². The first-order valence-corrected chi connectivity index (χ1v) is 5.27. The van der Waals surface area contributed by atoms with Crippen molar-refractivity contribution in [3.05, 3.63) is 36.3 Å². The summed E-state index contributed by atoms with van der Waals surface area (Å²) in [5.41, 5.74) is 2.51. The summed E-state index contributed by atoms with van der Waals surface area (Å²) in [6, 6.07) is 3.75. The number of carbonyl (C=O) groups is 1. The molecule has 0 fully saturated rings. The Bertz CT molecular complexity index is 491. The molecule has 16 heavy (non-hydrogen) atoms. The molecule has 0 bridgehead atoms. The zero-order valence-electron chi connectivity index (χ0n) is 9.13. The van der Waals surface area contributed by atoms with Crippen molar-refractivity contribution in [2.24, 2.45) is 0 Å². The largest absolute Gasteiger partial charge is 0.298 e. The summed E-state index contributed by atoms with van der Waals surface area (Å²) in [6.07, 6.45) is 6.89. The van der Waals surface area contributed by atoms with Gasteiger partial charge in [-0.2, -0.15) is 5.10 Å². The van der Waals surface area contributed by atoms with Gasteiger partial charge in [0.2, 0.25) is 0 Å². The zero-order chi connectivity index (χ0) is 11.4. The maximum atomic E-state index is 10.7. The SMILES string of the molecule is CCCn1nccc1-c1cncc(C=O)c1. The molecule has 4 heteroatoms. The molecule has 0 N–H and O–H groups in total. The van der Waals surface area contributed by atoms with Gasteiger partial charge in [-0.1, -0.05) is 6.92 Å². The summed E-state index contributed by atoms with van der Waals surface area (Å²) in [5.74, 6) is 0. The van der Waals surface area contributed by atoms with Crippen LogP contribution in [0.2, 0.25) is 0 Å². The van der Waals surface area contributed by atoms with E-state index in [-0.39, 0.29) is 0 Å². The van der Waals surface area contributed by atoms with E-state index in [0.29, 0.717) is 5.56 Å². The van der Waals surface area contributed by atoms with Crippen molar-refractivity contribution in [1.29, 1.82) is 0 Å². The van der Waals surface area contributed by atoms with E-state index in [2.05, 4.69) is 17.0 Å². The van der Waals surface area contributed by atoms with E-state index >= 15 is 0 Å². The lowest BCUT2D eigenvalue weighted by molar-refractivity contribution is 0.112. The third-order valence-electron chi connectivity index (χ3n) is 2.34. The predicted octanol–water partition coefficient (Wildman–Crippen LogP) is 2.17. The number of rotatable bonds is 4. The summed E-state index contributed by atoms with van der Waals surface area (Å²) >= 11 is 0. The smallest absolute Gasteiger partial charge is 0.151 e. The van der Waals surface area contributed by atoms with Crippen molar-refractivity contribution in [2.45, 2.75) is 19.9 Å². The number of hydrogen-bond acceptors (Lipinski definition) is 3. The Kier molecular flexibility index (Phi) is 3.10. The third kappa shape index (κ3) is 2.00. The maximum absolute atomic E-state index is 10.7. The standard InChI is InChI=1S/C12H13N3O/c1-2-5-15-12(3-4-14-15)11-6-10(9-16)7-13-8-11/h3-4,6-9H,2,5H2,1H3. The molecule has 0 saturated carbocycles. The predicted molar refractivity (Wildman–Crippen MR) is 61.1 cm³/mol. The number of aryl methyl sites for hydroxylation is 1. The minimum absolute atomic E-state index is 0.585. The van der Waals surface area contributed by atoms with Gasteiger partial charge in [0, 0.05) is 36.3 Å². The van der Waals surface area contributed by atoms with Gasteiger partial charge in [0.25, 0.3) is 0 Å². The highest BCUT2D eigenvalue weighted by Crippen LogP contribution is 2.18. The van der Waals surface area contributed by atoms with E-state index in [1.165, 1.54) is 0 Å². The molecular weight excluding hydrogens is 202 g/mol. The van der Waals surface area contributed by atoms with E-state index < -0.39 is 0 Å². The van der Waals surface area contributed by atoms with Crippen molar-refractivity contribution < 1.29 is 4.79 Å². The quantitative estimate of drug-likeness (QED) is 0.734. The first-order valence-electron chi connectivity index (χ1n) is 5.27. The van der Waals surface area contributed by atoms with Gasteiger partial charge in [-0.05, 0) is 18.6 Å². The molecule has 0 aliphatic carbocycles. The minimum atomic E-state index is 0.585. The highest BCUT2D eigenvalue weighted by atomic mass is 16.1. The molecule has 0 atom stereocenters. The average molecular weight is 215 g/mol. The van der Waals surface area contributed by atoms with Crippen LogP contribution in [-0.2, 0) is 6.54 Å². The number of hydrogen-bond donors (Lipinski definition) is 0. The lowest BCUT2D eigenvalue weighted by atomic mass is 10.1. The summed E-state index contributed by atoms with van der Waals surface area (Å²) in [5, 5.41) is 4.24. The van der Waals surface area contributed by atoms with E-state index in [9.17, 15) is 4.79 Å². The Balaban J connectivity index is 2.41. The highest BCUT2D eigenvalue weighted by molar-refractivity contribution is 5.77. The van der Waals surface area contributed by atoms with Gasteiger partial charge in [-0.3, -0.25) is 14.5 Å². The molecule has 0 aromatic carbocycles. The summed E-state index contributed by atoms with van der Waals surface area (Å²) in [6.45, 7) is 2.97. The molecule has 0 saturated heterocycles. The topological polar surface area (TPSA) is 47.8 Å². The summed E-state index contributed by atoms with van der Waals surface area (Å²) < 4.78 is 1.92. The highest BCUT2D eigenvalue weighted by Gasteiger charge is 2.05. The van der Waals surface area contributed by atoms with Gasteiger partial charge in [0.05, 0.1) is 5.69 Å². The third-order valence-corrected chi connectivity index (χ3v) is 2.34. The number of carbonyl (C=O) groups excluding carboxylic acids is 1. The lowest BCUT2D eigenvalue weighted by Gasteiger charge is -2.05. The van der Waals surface area contributed by atoms with Crippen LogP contribution in [0.15, 0.2) is 30.7 Å². The molecule has 2 rings (SSSR count). The van der Waals surface area contributed by atoms with Crippen molar-refractivity contribution in [3.63, 3.8) is 0 Å². The second-order valence-corrected chi connectivity index (χ2v) is 3.56. The Morgan fingerprint density at radius 3 is 3.06 bits per heavy atom. The molecule has 82 valence electrons. The first kappa shape index (κ1) is 10.5. The van der Waals surface area contributed by atoms with Crippen LogP contribution in [0.1, 0.15) is 23.7 Å². The Hall–Kier alpha value is -1.97. The van der Waals surface area contributed by atoms with Gasteiger partial charge < -0.3 is 0 Å². The molecule has 0 aliphatic rings. The van der Waals surface area contributed by atoms with E-state index in [1.54, 1.807) is 18.6 Å². The van der Waals surface area contributed by atoms with Crippen molar-refractivity contribution in [2.75, 3.05) is 0 Å². The normalized spacial score (nSPS) is 10.3. The van der Waals surface area contributed by atoms with E-state index in [4.69, 9.17) is 0 Å². The van der Waals surface area contributed by atoms with Crippen LogP contribution in [0.5, 0.6) is 0 Å². The fourth-order valence-corrected chi connectivity index (χ4v) is 1.63. The van der Waals surface area contributed by atoms with E-state index in [1.807, 2.05) is 16.8 Å². The molecule has 4 nitrogen and oxygen atoms in total. The Morgan fingerprint density at radius 2 is 2.31 bits per heavy atom. The molecule has 0 amide bonds. The van der Waals surface area contributed by atoms with Crippen LogP contribution in [0.3, 0.4) is 0 Å². The van der Waals surface area contributed by atoms with Crippen LogP contribution >= 0.6 is 0 Å². The molecule has 0 radical (unpaired) electrons. The number of aromatic nitrogens is 3. The van der Waals surface area contributed by atoms with Crippen molar-refractivity contribution in [1.82, 2.24) is 14.8 Å². The van der Waals surface area contributed by atoms with Crippen LogP contribution in [-0.4, -0.2) is 21.1 Å². The molecule has 2 aromatic heterocycles. The zero-order valence-corrected chi connectivity index (χ0v) is 9.13. The lowest BCUT2D eigenvalue weighted by Crippen LogP contribution is -2.01. The molecule has 2 aromatic rings. The molecule has 2 heterocycles. The summed E-state index contributed by atoms with van der Waals surface area (Å²) in [4.78, 5) is 14.7. The molecule has 0 aliphatic heterocycles. The van der Waals surface area contributed by atoms with Crippen LogP contribution in [0, 0.1) is 0 Å². The van der Waals surface area contributed by atoms with Gasteiger partial charge in [-0.25, -0.2) is 0 Å². The van der Waals surface area contributed by atoms with E-state index in [0.717, 1.165) is 30.5 Å². The average Bonchev–Trinajstić information content (AvgIpc) is 2.78. The number of aldehydes is 1.